The fourth-order valence-electron chi connectivity index (χ4n) is 4.76. The molecular formula is C21H24N2O3. The van der Waals surface area contributed by atoms with Gasteiger partial charge in [-0.3, -0.25) is 19.3 Å². The number of likely N-dealkylation sites (tertiary alicyclic amines) is 1. The Morgan fingerprint density at radius 2 is 1.62 bits per heavy atom. The lowest BCUT2D eigenvalue weighted by Gasteiger charge is -2.24. The zero-order valence-electron chi connectivity index (χ0n) is 15.2. The first kappa shape index (κ1) is 17.0. The summed E-state index contributed by atoms with van der Waals surface area (Å²) in [6.07, 6.45) is 5.97. The Balaban J connectivity index is 1.50. The first-order chi connectivity index (χ1) is 12.5. The van der Waals surface area contributed by atoms with Gasteiger partial charge in [-0.2, -0.15) is 0 Å². The first-order valence-corrected chi connectivity index (χ1v) is 9.48. The monoisotopic (exact) mass is 352 g/mol. The van der Waals surface area contributed by atoms with E-state index in [1.807, 2.05) is 31.2 Å². The normalized spacial score (nSPS) is 28.8. The van der Waals surface area contributed by atoms with Crippen LogP contribution in [0.25, 0.3) is 0 Å². The molecule has 1 heterocycles. The van der Waals surface area contributed by atoms with Crippen LogP contribution in [0.3, 0.4) is 0 Å². The van der Waals surface area contributed by atoms with Gasteiger partial charge in [-0.15, -0.1) is 0 Å². The third kappa shape index (κ3) is 2.49. The molecule has 2 bridgehead atoms. The van der Waals surface area contributed by atoms with Crippen LogP contribution in [0.5, 0.6) is 0 Å². The number of rotatable bonds is 5. The summed E-state index contributed by atoms with van der Waals surface area (Å²) in [6.45, 7) is 4.33. The number of anilines is 1. The summed E-state index contributed by atoms with van der Waals surface area (Å²) in [7, 11) is 0. The number of aryl methyl sites for hydroxylation is 1. The molecule has 5 heteroatoms. The van der Waals surface area contributed by atoms with Gasteiger partial charge in [0.25, 0.3) is 0 Å². The maximum Gasteiger partial charge on any atom is 0.247 e. The summed E-state index contributed by atoms with van der Waals surface area (Å²) in [5.74, 6) is -0.687. The number of likely N-dealkylation sites (N-methyl/N-ethyl adjacent to an activating group) is 1. The Hall–Kier alpha value is -2.43. The van der Waals surface area contributed by atoms with Gasteiger partial charge in [0.1, 0.15) is 6.54 Å². The van der Waals surface area contributed by atoms with E-state index in [1.165, 1.54) is 10.5 Å². The second-order valence-corrected chi connectivity index (χ2v) is 7.42. The minimum Gasteiger partial charge on any atom is -0.311 e. The zero-order chi connectivity index (χ0) is 18.4. The van der Waals surface area contributed by atoms with Crippen molar-refractivity contribution in [2.45, 2.75) is 26.7 Å². The fraction of sp³-hybridized carbons (Fsp3) is 0.476. The molecule has 2 fully saturated rings. The minimum atomic E-state index is -0.246. The van der Waals surface area contributed by atoms with E-state index in [0.717, 1.165) is 18.5 Å². The average Bonchev–Trinajstić information content (AvgIpc) is 3.33. The average molecular weight is 352 g/mol. The third-order valence-corrected chi connectivity index (χ3v) is 6.13. The molecule has 1 aromatic rings. The van der Waals surface area contributed by atoms with Crippen molar-refractivity contribution in [1.29, 1.82) is 0 Å². The Bertz CT molecular complexity index is 753. The largest absolute Gasteiger partial charge is 0.311 e. The Labute approximate surface area is 153 Å². The van der Waals surface area contributed by atoms with Crippen molar-refractivity contribution in [1.82, 2.24) is 4.90 Å². The topological polar surface area (TPSA) is 57.7 Å². The van der Waals surface area contributed by atoms with Crippen LogP contribution in [0, 0.1) is 23.7 Å². The SMILES string of the molecule is CCc1ccc(N(CC)C(=O)CN2C(=O)[C@@H]3[C@@H](C2=O)[C@H]2C=C[C@H]3C2)cc1. The molecule has 1 aliphatic heterocycles. The number of carbonyl (C=O) groups is 3. The highest BCUT2D eigenvalue weighted by Crippen LogP contribution is 2.52. The van der Waals surface area contributed by atoms with Gasteiger partial charge in [0, 0.05) is 12.2 Å². The van der Waals surface area contributed by atoms with Gasteiger partial charge < -0.3 is 4.90 Å². The maximum atomic E-state index is 12.8. The molecule has 5 nitrogen and oxygen atoms in total. The molecule has 3 amide bonds. The third-order valence-electron chi connectivity index (χ3n) is 6.13. The Morgan fingerprint density at radius 1 is 1.04 bits per heavy atom. The lowest BCUT2D eigenvalue weighted by Crippen LogP contribution is -2.44. The number of hydrogen-bond donors (Lipinski definition) is 0. The van der Waals surface area contributed by atoms with Gasteiger partial charge in [0.05, 0.1) is 11.8 Å². The van der Waals surface area contributed by atoms with Crippen LogP contribution in [-0.4, -0.2) is 35.7 Å². The first-order valence-electron chi connectivity index (χ1n) is 9.48. The number of fused-ring (bicyclic) bond motifs is 5. The lowest BCUT2D eigenvalue weighted by molar-refractivity contribution is -0.143. The molecule has 0 N–H and O–H groups in total. The minimum absolute atomic E-state index is 0.159. The van der Waals surface area contributed by atoms with Crippen LogP contribution in [0.4, 0.5) is 5.69 Å². The van der Waals surface area contributed by atoms with Gasteiger partial charge in [-0.25, -0.2) is 0 Å². The smallest absolute Gasteiger partial charge is 0.247 e. The van der Waals surface area contributed by atoms with Crippen LogP contribution < -0.4 is 4.90 Å². The summed E-state index contributed by atoms with van der Waals surface area (Å²) in [5.41, 5.74) is 2.01. The second-order valence-electron chi connectivity index (χ2n) is 7.42. The number of hydrogen-bond acceptors (Lipinski definition) is 3. The molecule has 26 heavy (non-hydrogen) atoms. The molecule has 0 aromatic heterocycles. The molecule has 0 radical (unpaired) electrons. The van der Waals surface area contributed by atoms with Gasteiger partial charge >= 0.3 is 0 Å². The highest BCUT2D eigenvalue weighted by molar-refractivity contribution is 6.10. The number of imide groups is 1. The molecule has 0 spiro atoms. The zero-order valence-corrected chi connectivity index (χ0v) is 15.2. The molecule has 136 valence electrons. The van der Waals surface area contributed by atoms with Gasteiger partial charge in [-0.05, 0) is 49.3 Å². The predicted octanol–water partition coefficient (Wildman–Crippen LogP) is 2.41. The molecule has 1 saturated heterocycles. The Morgan fingerprint density at radius 3 is 2.12 bits per heavy atom. The number of carbonyl (C=O) groups excluding carboxylic acids is 3. The van der Waals surface area contributed by atoms with E-state index >= 15 is 0 Å². The van der Waals surface area contributed by atoms with E-state index in [1.54, 1.807) is 4.90 Å². The van der Waals surface area contributed by atoms with Crippen molar-refractivity contribution in [3.05, 3.63) is 42.0 Å². The maximum absolute atomic E-state index is 12.8. The van der Waals surface area contributed by atoms with Gasteiger partial charge in [0.15, 0.2) is 0 Å². The van der Waals surface area contributed by atoms with E-state index in [-0.39, 0.29) is 47.9 Å². The molecule has 2 aliphatic carbocycles. The van der Waals surface area contributed by atoms with Gasteiger partial charge in [0.2, 0.25) is 17.7 Å². The molecule has 3 aliphatic rings. The van der Waals surface area contributed by atoms with Crippen molar-refractivity contribution >= 4 is 23.4 Å². The highest BCUT2D eigenvalue weighted by atomic mass is 16.2. The van der Waals surface area contributed by atoms with Crippen LogP contribution in [0.2, 0.25) is 0 Å². The quantitative estimate of drug-likeness (QED) is 0.604. The van der Waals surface area contributed by atoms with Crippen molar-refractivity contribution in [2.75, 3.05) is 18.0 Å². The van der Waals surface area contributed by atoms with E-state index in [9.17, 15) is 14.4 Å². The molecule has 0 unspecified atom stereocenters. The van der Waals surface area contributed by atoms with Crippen LogP contribution in [0.15, 0.2) is 36.4 Å². The van der Waals surface area contributed by atoms with Crippen LogP contribution in [0.1, 0.15) is 25.8 Å². The molecule has 1 saturated carbocycles. The number of amides is 3. The molecule has 4 atom stereocenters. The summed E-state index contributed by atoms with van der Waals surface area (Å²) in [5, 5.41) is 0. The molecular weight excluding hydrogens is 328 g/mol. The van der Waals surface area contributed by atoms with E-state index < -0.39 is 0 Å². The van der Waals surface area contributed by atoms with Crippen molar-refractivity contribution < 1.29 is 14.4 Å². The van der Waals surface area contributed by atoms with E-state index in [2.05, 4.69) is 19.1 Å². The second kappa shape index (κ2) is 6.38. The van der Waals surface area contributed by atoms with Crippen molar-refractivity contribution in [3.8, 4) is 0 Å². The number of allylic oxidation sites excluding steroid dienone is 2. The summed E-state index contributed by atoms with van der Waals surface area (Å²) in [6, 6.07) is 7.86. The van der Waals surface area contributed by atoms with Gasteiger partial charge in [-0.1, -0.05) is 31.2 Å². The highest BCUT2D eigenvalue weighted by Gasteiger charge is 2.59. The number of benzene rings is 1. The van der Waals surface area contributed by atoms with Crippen molar-refractivity contribution in [2.24, 2.45) is 23.7 Å². The summed E-state index contributed by atoms with van der Waals surface area (Å²) < 4.78 is 0. The summed E-state index contributed by atoms with van der Waals surface area (Å²) in [4.78, 5) is 41.2. The van der Waals surface area contributed by atoms with Crippen molar-refractivity contribution in [3.63, 3.8) is 0 Å². The standard InChI is InChI=1S/C21H24N2O3/c1-3-13-5-9-16(10-6-13)22(4-2)17(24)12-23-20(25)18-14-7-8-15(11-14)19(18)21(23)26/h5-10,14-15,18-19H,3-4,11-12H2,1-2H3/t14-,15-,18-,19-/m0/s1. The van der Waals surface area contributed by atoms with Crippen LogP contribution >= 0.6 is 0 Å². The van der Waals surface area contributed by atoms with E-state index in [4.69, 9.17) is 0 Å². The lowest BCUT2D eigenvalue weighted by atomic mass is 9.85. The predicted molar refractivity (Wildman–Crippen MR) is 98.3 cm³/mol. The van der Waals surface area contributed by atoms with Crippen LogP contribution in [-0.2, 0) is 20.8 Å². The molecule has 4 rings (SSSR count). The number of nitrogens with zero attached hydrogens (tertiary/aromatic N) is 2. The fourth-order valence-corrected chi connectivity index (χ4v) is 4.76. The summed E-state index contributed by atoms with van der Waals surface area (Å²) >= 11 is 0. The Kier molecular flexibility index (Phi) is 4.17. The van der Waals surface area contributed by atoms with E-state index in [0.29, 0.717) is 6.54 Å². The molecule has 1 aromatic carbocycles.